The summed E-state index contributed by atoms with van der Waals surface area (Å²) in [6, 6.07) is 1.47. The van der Waals surface area contributed by atoms with Gasteiger partial charge in [0.05, 0.1) is 0 Å². The van der Waals surface area contributed by atoms with Gasteiger partial charge in [0, 0.05) is 36.5 Å². The van der Waals surface area contributed by atoms with Crippen LogP contribution in [-0.4, -0.2) is 31.8 Å². The molecule has 2 heterocycles. The van der Waals surface area contributed by atoms with Crippen LogP contribution in [0.15, 0.2) is 23.6 Å². The van der Waals surface area contributed by atoms with Gasteiger partial charge < -0.3 is 9.67 Å². The van der Waals surface area contributed by atoms with Crippen LogP contribution in [0, 0.1) is 0 Å². The highest BCUT2D eigenvalue weighted by atomic mass is 16.4. The number of carboxylic acid groups (broad SMARTS) is 1. The molecule has 0 unspecified atom stereocenters. The van der Waals surface area contributed by atoms with Gasteiger partial charge in [0.1, 0.15) is 5.65 Å². The number of imidazole rings is 1. The Balaban J connectivity index is 2.31. The smallest absolute Gasteiger partial charge is 0.356 e. The first-order valence-corrected chi connectivity index (χ1v) is 4.51. The predicted octanol–water partition coefficient (Wildman–Crippen LogP) is 1.14. The monoisotopic (exact) mass is 220 g/mol. The van der Waals surface area contributed by atoms with Crippen molar-refractivity contribution in [3.63, 3.8) is 0 Å². The van der Waals surface area contributed by atoms with Crippen LogP contribution in [-0.2, 0) is 6.54 Å². The second kappa shape index (κ2) is 3.95. The van der Waals surface area contributed by atoms with E-state index in [1.807, 2.05) is 0 Å². The molecule has 0 saturated carbocycles. The van der Waals surface area contributed by atoms with Gasteiger partial charge in [-0.15, -0.1) is 0 Å². The van der Waals surface area contributed by atoms with Crippen molar-refractivity contribution in [2.75, 3.05) is 6.54 Å². The molecule has 0 aromatic carbocycles. The summed E-state index contributed by atoms with van der Waals surface area (Å²) in [6.07, 6.45) is 3.40. The molecule has 8 nitrogen and oxygen atoms in total. The Morgan fingerprint density at radius 1 is 1.62 bits per heavy atom. The zero-order valence-electron chi connectivity index (χ0n) is 8.19. The number of fused-ring (bicyclic) bond motifs is 1. The van der Waals surface area contributed by atoms with Gasteiger partial charge in [-0.05, 0) is 5.53 Å². The molecule has 0 aliphatic heterocycles. The summed E-state index contributed by atoms with van der Waals surface area (Å²) in [5.74, 6) is -1.06. The summed E-state index contributed by atoms with van der Waals surface area (Å²) >= 11 is 0. The van der Waals surface area contributed by atoms with Crippen LogP contribution in [0.2, 0.25) is 0 Å². The fraction of sp³-hybridized carbons (Fsp3) is 0.250. The molecule has 2 aromatic heterocycles. The van der Waals surface area contributed by atoms with E-state index in [2.05, 4.69) is 15.1 Å². The third kappa shape index (κ3) is 1.69. The number of carboxylic acids is 1. The van der Waals surface area contributed by atoms with Crippen molar-refractivity contribution in [1.82, 2.24) is 14.2 Å². The summed E-state index contributed by atoms with van der Waals surface area (Å²) in [6.45, 7) is 0.805. The summed E-state index contributed by atoms with van der Waals surface area (Å²) in [7, 11) is 0. The fourth-order valence-corrected chi connectivity index (χ4v) is 1.42. The summed E-state index contributed by atoms with van der Waals surface area (Å²) in [5, 5.41) is 16.0. The molecule has 0 atom stereocenters. The third-order valence-electron chi connectivity index (χ3n) is 2.12. The van der Waals surface area contributed by atoms with Crippen molar-refractivity contribution in [3.8, 4) is 0 Å². The van der Waals surface area contributed by atoms with E-state index in [0.29, 0.717) is 18.7 Å². The van der Waals surface area contributed by atoms with E-state index < -0.39 is 5.97 Å². The first kappa shape index (κ1) is 10.1. The quantitative estimate of drug-likeness (QED) is 0.474. The number of azide groups is 1. The SMILES string of the molecule is [N-]=[N+]=NCCn1ccn2nc(C(=O)O)cc12. The summed E-state index contributed by atoms with van der Waals surface area (Å²) in [4.78, 5) is 13.3. The lowest BCUT2D eigenvalue weighted by Gasteiger charge is -1.97. The van der Waals surface area contributed by atoms with Crippen LogP contribution in [0.3, 0.4) is 0 Å². The Kier molecular flexibility index (Phi) is 2.49. The van der Waals surface area contributed by atoms with Crippen LogP contribution in [0.4, 0.5) is 0 Å². The van der Waals surface area contributed by atoms with Crippen LogP contribution in [0.25, 0.3) is 16.1 Å². The molecule has 82 valence electrons. The van der Waals surface area contributed by atoms with E-state index in [1.165, 1.54) is 10.6 Å². The Bertz CT molecular complexity index is 576. The van der Waals surface area contributed by atoms with Gasteiger partial charge in [0.15, 0.2) is 5.69 Å². The van der Waals surface area contributed by atoms with Gasteiger partial charge in [-0.3, -0.25) is 0 Å². The van der Waals surface area contributed by atoms with Crippen molar-refractivity contribution in [1.29, 1.82) is 0 Å². The second-order valence-electron chi connectivity index (χ2n) is 3.08. The molecule has 1 N–H and O–H groups in total. The number of aromatic nitrogens is 3. The molecular formula is C8H8N6O2. The van der Waals surface area contributed by atoms with Crippen molar-refractivity contribution in [2.45, 2.75) is 6.54 Å². The van der Waals surface area contributed by atoms with Crippen molar-refractivity contribution >= 4 is 11.6 Å². The van der Waals surface area contributed by atoms with Crippen LogP contribution in [0.5, 0.6) is 0 Å². The van der Waals surface area contributed by atoms with Gasteiger partial charge in [0.2, 0.25) is 0 Å². The van der Waals surface area contributed by atoms with Crippen LogP contribution < -0.4 is 0 Å². The van der Waals surface area contributed by atoms with Crippen LogP contribution in [0.1, 0.15) is 10.5 Å². The highest BCUT2D eigenvalue weighted by molar-refractivity contribution is 5.86. The molecule has 0 amide bonds. The van der Waals surface area contributed by atoms with Gasteiger partial charge in [-0.25, -0.2) is 9.31 Å². The first-order chi connectivity index (χ1) is 7.72. The van der Waals surface area contributed by atoms with Crippen LogP contribution >= 0.6 is 0 Å². The number of hydrogen-bond acceptors (Lipinski definition) is 3. The van der Waals surface area contributed by atoms with Gasteiger partial charge in [-0.2, -0.15) is 5.10 Å². The average Bonchev–Trinajstić information content (AvgIpc) is 2.79. The van der Waals surface area contributed by atoms with E-state index in [9.17, 15) is 4.79 Å². The van der Waals surface area contributed by atoms with Crippen molar-refractivity contribution in [3.05, 3.63) is 34.6 Å². The van der Waals surface area contributed by atoms with Gasteiger partial charge in [0.25, 0.3) is 0 Å². The Hall–Kier alpha value is -2.47. The maximum atomic E-state index is 10.7. The maximum Gasteiger partial charge on any atom is 0.356 e. The normalized spacial score (nSPS) is 10.2. The zero-order chi connectivity index (χ0) is 11.5. The molecule has 0 aliphatic rings. The highest BCUT2D eigenvalue weighted by Gasteiger charge is 2.10. The molecular weight excluding hydrogens is 212 g/mol. The standard InChI is InChI=1S/C8H8N6O2/c9-12-10-1-2-13-3-4-14-7(13)5-6(11-14)8(15)16/h3-5H,1-2H2,(H,15,16). The molecule has 0 bridgehead atoms. The molecule has 2 aromatic rings. The van der Waals surface area contributed by atoms with Crippen molar-refractivity contribution in [2.24, 2.45) is 5.11 Å². The lowest BCUT2D eigenvalue weighted by atomic mass is 10.4. The maximum absolute atomic E-state index is 10.7. The summed E-state index contributed by atoms with van der Waals surface area (Å²) < 4.78 is 3.24. The number of rotatable bonds is 4. The van der Waals surface area contributed by atoms with E-state index in [-0.39, 0.29) is 5.69 Å². The lowest BCUT2D eigenvalue weighted by Crippen LogP contribution is -1.98. The molecule has 0 spiro atoms. The number of aromatic carboxylic acids is 1. The molecule has 0 saturated heterocycles. The molecule has 0 aliphatic carbocycles. The summed E-state index contributed by atoms with van der Waals surface area (Å²) in [5.41, 5.74) is 8.79. The number of carbonyl (C=O) groups is 1. The molecule has 0 radical (unpaired) electrons. The Morgan fingerprint density at radius 2 is 2.44 bits per heavy atom. The minimum absolute atomic E-state index is 0.00636. The Labute approximate surface area is 89.3 Å². The lowest BCUT2D eigenvalue weighted by molar-refractivity contribution is 0.0690. The average molecular weight is 220 g/mol. The molecule has 8 heteroatoms. The molecule has 0 fully saturated rings. The Morgan fingerprint density at radius 3 is 3.12 bits per heavy atom. The highest BCUT2D eigenvalue weighted by Crippen LogP contribution is 2.08. The van der Waals surface area contributed by atoms with Gasteiger partial charge >= 0.3 is 5.97 Å². The third-order valence-corrected chi connectivity index (χ3v) is 2.12. The van der Waals surface area contributed by atoms with Gasteiger partial charge in [-0.1, -0.05) is 5.11 Å². The van der Waals surface area contributed by atoms with E-state index in [0.717, 1.165) is 0 Å². The first-order valence-electron chi connectivity index (χ1n) is 4.51. The molecule has 2 rings (SSSR count). The largest absolute Gasteiger partial charge is 0.476 e. The van der Waals surface area contributed by atoms with E-state index >= 15 is 0 Å². The van der Waals surface area contributed by atoms with E-state index in [4.69, 9.17) is 10.6 Å². The minimum Gasteiger partial charge on any atom is -0.476 e. The second-order valence-corrected chi connectivity index (χ2v) is 3.08. The molecule has 16 heavy (non-hydrogen) atoms. The minimum atomic E-state index is -1.06. The number of nitrogens with zero attached hydrogens (tertiary/aromatic N) is 6. The fourth-order valence-electron chi connectivity index (χ4n) is 1.42. The number of hydrogen-bond donors (Lipinski definition) is 1. The zero-order valence-corrected chi connectivity index (χ0v) is 8.19. The topological polar surface area (TPSA) is 108 Å². The van der Waals surface area contributed by atoms with Crippen molar-refractivity contribution < 1.29 is 9.90 Å². The predicted molar refractivity (Wildman–Crippen MR) is 54.2 cm³/mol. The van der Waals surface area contributed by atoms with E-state index in [1.54, 1.807) is 17.0 Å².